The highest BCUT2D eigenvalue weighted by molar-refractivity contribution is 7.89. The summed E-state index contributed by atoms with van der Waals surface area (Å²) in [6.07, 6.45) is 1.53. The summed E-state index contributed by atoms with van der Waals surface area (Å²) in [5.74, 6) is -0.00617. The molecule has 174 valence electrons. The van der Waals surface area contributed by atoms with Crippen molar-refractivity contribution in [2.24, 2.45) is 5.14 Å². The van der Waals surface area contributed by atoms with Crippen LogP contribution in [0.2, 0.25) is 0 Å². The number of hydrogen-bond acceptors (Lipinski definition) is 6. The monoisotopic (exact) mass is 470 g/mol. The van der Waals surface area contributed by atoms with E-state index in [2.05, 4.69) is 10.6 Å². The van der Waals surface area contributed by atoms with Crippen LogP contribution in [0.3, 0.4) is 0 Å². The fraction of sp³-hybridized carbons (Fsp3) is 0.217. The lowest BCUT2D eigenvalue weighted by Gasteiger charge is -2.24. The van der Waals surface area contributed by atoms with Gasteiger partial charge in [0.2, 0.25) is 15.9 Å². The molecule has 1 unspecified atom stereocenters. The zero-order valence-corrected chi connectivity index (χ0v) is 19.1. The highest BCUT2D eigenvalue weighted by Gasteiger charge is 2.18. The van der Waals surface area contributed by atoms with Gasteiger partial charge in [0.05, 0.1) is 35.5 Å². The fourth-order valence-electron chi connectivity index (χ4n) is 3.21. The van der Waals surface area contributed by atoms with Crippen LogP contribution in [-0.4, -0.2) is 38.7 Å². The van der Waals surface area contributed by atoms with E-state index in [0.717, 1.165) is 5.56 Å². The molecule has 0 saturated carbocycles. The number of anilines is 1. The summed E-state index contributed by atoms with van der Waals surface area (Å²) < 4.78 is 28.1. The molecule has 0 bridgehead atoms. The van der Waals surface area contributed by atoms with Crippen LogP contribution in [-0.2, 0) is 21.4 Å². The van der Waals surface area contributed by atoms with E-state index in [4.69, 9.17) is 9.56 Å². The van der Waals surface area contributed by atoms with E-state index < -0.39 is 10.0 Å². The molecule has 1 aromatic heterocycles. The summed E-state index contributed by atoms with van der Waals surface area (Å²) >= 11 is 0. The second-order valence-electron chi connectivity index (χ2n) is 7.56. The third-order valence-electron chi connectivity index (χ3n) is 5.19. The molecule has 3 rings (SSSR count). The van der Waals surface area contributed by atoms with Gasteiger partial charge >= 0.3 is 0 Å². The minimum Gasteiger partial charge on any atom is -0.467 e. The number of nitrogens with one attached hydrogen (secondary N) is 2. The molecule has 0 saturated heterocycles. The third kappa shape index (κ3) is 6.51. The lowest BCUT2D eigenvalue weighted by atomic mass is 10.1. The Labute approximate surface area is 192 Å². The van der Waals surface area contributed by atoms with Crippen LogP contribution in [0.1, 0.15) is 34.6 Å². The summed E-state index contributed by atoms with van der Waals surface area (Å²) in [6, 6.07) is 16.3. The molecule has 9 nitrogen and oxygen atoms in total. The van der Waals surface area contributed by atoms with Gasteiger partial charge < -0.3 is 15.1 Å². The maximum Gasteiger partial charge on any atom is 0.253 e. The summed E-state index contributed by atoms with van der Waals surface area (Å²) in [5, 5.41) is 10.7. The van der Waals surface area contributed by atoms with Gasteiger partial charge in [-0.2, -0.15) is 0 Å². The Bertz CT molecular complexity index is 1210. The molecule has 0 radical (unpaired) electrons. The van der Waals surface area contributed by atoms with Crippen LogP contribution in [0.25, 0.3) is 0 Å². The normalized spacial score (nSPS) is 12.4. The number of carbonyl (C=O) groups excluding carboxylic acids is 2. The second kappa shape index (κ2) is 10.4. The Hall–Kier alpha value is -3.47. The van der Waals surface area contributed by atoms with Gasteiger partial charge in [0.1, 0.15) is 5.76 Å². The van der Waals surface area contributed by atoms with Gasteiger partial charge in [-0.1, -0.05) is 24.3 Å². The number of carbonyl (C=O) groups is 2. The summed E-state index contributed by atoms with van der Waals surface area (Å²) in [7, 11) is -1.99. The maximum atomic E-state index is 12.7. The van der Waals surface area contributed by atoms with Gasteiger partial charge in [-0.25, -0.2) is 13.6 Å². The molecule has 1 heterocycles. The average molecular weight is 471 g/mol. The quantitative estimate of drug-likeness (QED) is 0.440. The molecule has 0 aliphatic carbocycles. The number of rotatable bonds is 9. The molecule has 2 aromatic carbocycles. The van der Waals surface area contributed by atoms with Crippen molar-refractivity contribution in [3.63, 3.8) is 0 Å². The van der Waals surface area contributed by atoms with Crippen molar-refractivity contribution >= 4 is 27.5 Å². The number of furan rings is 1. The number of primary sulfonamides is 1. The standard InChI is InChI=1S/C23H26N4O5S/c1-16(17-9-11-19(12-10-17)33(24,30)31)27(2)15-22(28)26-21-8-4-3-7-20(21)23(29)25-14-18-6-5-13-32-18/h3-13,16H,14-15H2,1-2H3,(H,25,29)(H,26,28)(H2,24,30,31). The van der Waals surface area contributed by atoms with Gasteiger partial charge in [-0.15, -0.1) is 0 Å². The van der Waals surface area contributed by atoms with Crippen LogP contribution in [0.5, 0.6) is 0 Å². The molecule has 0 aliphatic heterocycles. The van der Waals surface area contributed by atoms with Crippen molar-refractivity contribution in [2.75, 3.05) is 18.9 Å². The lowest BCUT2D eigenvalue weighted by Crippen LogP contribution is -2.33. The van der Waals surface area contributed by atoms with Crippen LogP contribution in [0.4, 0.5) is 5.69 Å². The Balaban J connectivity index is 1.61. The van der Waals surface area contributed by atoms with Crippen molar-refractivity contribution in [3.05, 3.63) is 83.8 Å². The molecule has 4 N–H and O–H groups in total. The van der Waals surface area contributed by atoms with Gasteiger partial charge in [0.25, 0.3) is 5.91 Å². The van der Waals surface area contributed by atoms with E-state index in [9.17, 15) is 18.0 Å². The van der Waals surface area contributed by atoms with Crippen molar-refractivity contribution in [1.82, 2.24) is 10.2 Å². The zero-order valence-electron chi connectivity index (χ0n) is 18.3. The molecule has 0 spiro atoms. The van der Waals surface area contributed by atoms with E-state index in [1.54, 1.807) is 60.5 Å². The number of benzene rings is 2. The number of hydrogen-bond donors (Lipinski definition) is 3. The van der Waals surface area contributed by atoms with Crippen molar-refractivity contribution in [3.8, 4) is 0 Å². The SMILES string of the molecule is CC(c1ccc(S(N)(=O)=O)cc1)N(C)CC(=O)Nc1ccccc1C(=O)NCc1ccco1. The van der Waals surface area contributed by atoms with Crippen molar-refractivity contribution in [2.45, 2.75) is 24.4 Å². The topological polar surface area (TPSA) is 135 Å². The maximum absolute atomic E-state index is 12.7. The molecule has 33 heavy (non-hydrogen) atoms. The van der Waals surface area contributed by atoms with Gasteiger partial charge in [0, 0.05) is 6.04 Å². The van der Waals surface area contributed by atoms with Gasteiger partial charge in [-0.3, -0.25) is 14.5 Å². The van der Waals surface area contributed by atoms with Crippen molar-refractivity contribution < 1.29 is 22.4 Å². The fourth-order valence-corrected chi connectivity index (χ4v) is 3.73. The molecule has 1 atom stereocenters. The average Bonchev–Trinajstić information content (AvgIpc) is 3.30. The van der Waals surface area contributed by atoms with E-state index in [-0.39, 0.29) is 35.8 Å². The van der Waals surface area contributed by atoms with E-state index in [1.165, 1.54) is 18.4 Å². The minimum absolute atomic E-state index is 0.0285. The highest BCUT2D eigenvalue weighted by Crippen LogP contribution is 2.21. The number of para-hydroxylation sites is 1. The van der Waals surface area contributed by atoms with E-state index in [1.807, 2.05) is 6.92 Å². The van der Waals surface area contributed by atoms with Crippen molar-refractivity contribution in [1.29, 1.82) is 0 Å². The molecule has 10 heteroatoms. The van der Waals surface area contributed by atoms with Crippen LogP contribution >= 0.6 is 0 Å². The number of sulfonamides is 1. The first-order chi connectivity index (χ1) is 15.6. The first kappa shape index (κ1) is 24.2. The number of nitrogens with two attached hydrogens (primary N) is 1. The van der Waals surface area contributed by atoms with E-state index in [0.29, 0.717) is 17.0 Å². The first-order valence-electron chi connectivity index (χ1n) is 10.2. The minimum atomic E-state index is -3.76. The molecular weight excluding hydrogens is 444 g/mol. The third-order valence-corrected chi connectivity index (χ3v) is 6.12. The van der Waals surface area contributed by atoms with Gasteiger partial charge in [0.15, 0.2) is 0 Å². The molecule has 0 aliphatic rings. The van der Waals surface area contributed by atoms with Crippen LogP contribution in [0, 0.1) is 0 Å². The Kier molecular flexibility index (Phi) is 7.64. The molecule has 2 amide bonds. The lowest BCUT2D eigenvalue weighted by molar-refractivity contribution is -0.117. The molecular formula is C23H26N4O5S. The Morgan fingerprint density at radius 3 is 2.39 bits per heavy atom. The smallest absolute Gasteiger partial charge is 0.253 e. The molecule has 0 fully saturated rings. The second-order valence-corrected chi connectivity index (χ2v) is 9.12. The van der Waals surface area contributed by atoms with Crippen LogP contribution < -0.4 is 15.8 Å². The molecule has 3 aromatic rings. The summed E-state index contributed by atoms with van der Waals surface area (Å²) in [6.45, 7) is 2.19. The van der Waals surface area contributed by atoms with E-state index >= 15 is 0 Å². The van der Waals surface area contributed by atoms with Gasteiger partial charge in [-0.05, 0) is 55.9 Å². The Morgan fingerprint density at radius 2 is 1.76 bits per heavy atom. The number of amides is 2. The predicted molar refractivity (Wildman–Crippen MR) is 124 cm³/mol. The highest BCUT2D eigenvalue weighted by atomic mass is 32.2. The summed E-state index contributed by atoms with van der Waals surface area (Å²) in [5.41, 5.74) is 1.57. The Morgan fingerprint density at radius 1 is 1.06 bits per heavy atom. The first-order valence-corrected chi connectivity index (χ1v) is 11.7. The zero-order chi connectivity index (χ0) is 24.0. The number of nitrogens with zero attached hydrogens (tertiary/aromatic N) is 1. The largest absolute Gasteiger partial charge is 0.467 e. The predicted octanol–water partition coefficient (Wildman–Crippen LogP) is 2.49. The number of likely N-dealkylation sites (N-methyl/N-ethyl adjacent to an activating group) is 1. The summed E-state index contributed by atoms with van der Waals surface area (Å²) in [4.78, 5) is 27.1. The van der Waals surface area contributed by atoms with Crippen LogP contribution in [0.15, 0.2) is 76.2 Å².